The number of ether oxygens (including phenoxy) is 1. The molecule has 0 N–H and O–H groups in total. The van der Waals surface area contributed by atoms with Crippen molar-refractivity contribution in [3.05, 3.63) is 34.3 Å². The van der Waals surface area contributed by atoms with Crippen molar-refractivity contribution in [3.63, 3.8) is 0 Å². The zero-order chi connectivity index (χ0) is 13.9. The number of hydrogen-bond acceptors (Lipinski definition) is 3. The molecule has 0 atom stereocenters. The molecule has 1 aromatic rings. The van der Waals surface area contributed by atoms with Crippen LogP contribution < -0.4 is 0 Å². The molecule has 0 saturated heterocycles. The van der Waals surface area contributed by atoms with Crippen molar-refractivity contribution in [1.82, 2.24) is 0 Å². The van der Waals surface area contributed by atoms with Crippen LogP contribution in [0.4, 0.5) is 4.39 Å². The van der Waals surface area contributed by atoms with Crippen LogP contribution in [0.2, 0.25) is 5.02 Å². The predicted molar refractivity (Wildman–Crippen MR) is 66.5 cm³/mol. The summed E-state index contributed by atoms with van der Waals surface area (Å²) in [4.78, 5) is 22.9. The van der Waals surface area contributed by atoms with Gasteiger partial charge in [0, 0.05) is 5.56 Å². The summed E-state index contributed by atoms with van der Waals surface area (Å²) in [7, 11) is 0. The summed E-state index contributed by atoms with van der Waals surface area (Å²) in [6.07, 6.45) is 0. The van der Waals surface area contributed by atoms with Gasteiger partial charge in [0.1, 0.15) is 5.67 Å². The van der Waals surface area contributed by atoms with Crippen molar-refractivity contribution in [2.24, 2.45) is 0 Å². The van der Waals surface area contributed by atoms with E-state index in [0.29, 0.717) is 5.56 Å². The first-order valence-corrected chi connectivity index (χ1v) is 5.85. The average Bonchev–Trinajstić information content (AvgIpc) is 2.27. The third-order valence-corrected chi connectivity index (χ3v) is 2.67. The normalized spacial score (nSPS) is 11.2. The van der Waals surface area contributed by atoms with E-state index in [0.717, 1.165) is 0 Å². The number of alkyl halides is 1. The Bertz CT molecular complexity index is 478. The summed E-state index contributed by atoms with van der Waals surface area (Å²) in [5.41, 5.74) is -1.20. The average molecular weight is 273 g/mol. The van der Waals surface area contributed by atoms with E-state index in [1.807, 2.05) is 0 Å². The highest BCUT2D eigenvalue weighted by Gasteiger charge is 2.24. The van der Waals surface area contributed by atoms with Crippen LogP contribution in [-0.2, 0) is 15.2 Å². The largest absolute Gasteiger partial charge is 0.460 e. The molecule has 5 heteroatoms. The van der Waals surface area contributed by atoms with Crippen LogP contribution in [0.5, 0.6) is 0 Å². The van der Waals surface area contributed by atoms with Gasteiger partial charge in [-0.25, -0.2) is 9.18 Å². The molecule has 1 rings (SSSR count). The lowest BCUT2D eigenvalue weighted by atomic mass is 9.98. The molecule has 0 heterocycles. The Balaban J connectivity index is 3.07. The Morgan fingerprint density at radius 3 is 2.44 bits per heavy atom. The Hall–Kier alpha value is -1.42. The topological polar surface area (TPSA) is 43.4 Å². The number of carbonyl (C=O) groups is 2. The number of benzene rings is 1. The van der Waals surface area contributed by atoms with E-state index < -0.39 is 17.4 Å². The van der Waals surface area contributed by atoms with Crippen molar-refractivity contribution in [2.45, 2.75) is 26.4 Å². The van der Waals surface area contributed by atoms with E-state index in [4.69, 9.17) is 11.6 Å². The SMILES string of the molecule is CCOC(=O)C(=O)c1ccc(C(C)(C)F)cc1Cl. The molecule has 0 fully saturated rings. The van der Waals surface area contributed by atoms with E-state index in [2.05, 4.69) is 4.74 Å². The molecule has 0 aliphatic heterocycles. The Morgan fingerprint density at radius 1 is 1.39 bits per heavy atom. The summed E-state index contributed by atoms with van der Waals surface area (Å²) < 4.78 is 18.3. The fraction of sp³-hybridized carbons (Fsp3) is 0.385. The molecule has 0 aliphatic rings. The highest BCUT2D eigenvalue weighted by molar-refractivity contribution is 6.45. The molecule has 0 spiro atoms. The standard InChI is InChI=1S/C13H14ClFO3/c1-4-18-12(17)11(16)9-6-5-8(7-10(9)14)13(2,3)15/h5-7H,4H2,1-3H3. The van der Waals surface area contributed by atoms with Crippen molar-refractivity contribution in [2.75, 3.05) is 6.61 Å². The van der Waals surface area contributed by atoms with E-state index >= 15 is 0 Å². The molecule has 0 radical (unpaired) electrons. The lowest BCUT2D eigenvalue weighted by Crippen LogP contribution is -2.18. The second kappa shape index (κ2) is 5.48. The summed E-state index contributed by atoms with van der Waals surface area (Å²) in [6, 6.07) is 4.10. The lowest BCUT2D eigenvalue weighted by Gasteiger charge is -2.15. The van der Waals surface area contributed by atoms with Crippen LogP contribution in [0.3, 0.4) is 0 Å². The number of Topliss-reactive ketones (excluding diaryl/α,β-unsaturated/α-hetero) is 1. The van der Waals surface area contributed by atoms with Gasteiger partial charge in [-0.3, -0.25) is 4.79 Å². The maximum absolute atomic E-state index is 13.7. The summed E-state index contributed by atoms with van der Waals surface area (Å²) in [5.74, 6) is -1.79. The van der Waals surface area contributed by atoms with E-state index in [1.165, 1.54) is 32.0 Å². The fourth-order valence-electron chi connectivity index (χ4n) is 1.38. The second-order valence-corrected chi connectivity index (χ2v) is 4.62. The quantitative estimate of drug-likeness (QED) is 0.480. The molecule has 0 saturated carbocycles. The molecule has 0 amide bonds. The molecule has 18 heavy (non-hydrogen) atoms. The molecule has 3 nitrogen and oxygen atoms in total. The highest BCUT2D eigenvalue weighted by Crippen LogP contribution is 2.28. The van der Waals surface area contributed by atoms with Gasteiger partial charge in [0.05, 0.1) is 11.6 Å². The number of hydrogen-bond donors (Lipinski definition) is 0. The Kier molecular flexibility index (Phi) is 4.46. The van der Waals surface area contributed by atoms with Crippen LogP contribution in [-0.4, -0.2) is 18.4 Å². The van der Waals surface area contributed by atoms with Crippen LogP contribution in [0, 0.1) is 0 Å². The molecule has 98 valence electrons. The molecule has 0 unspecified atom stereocenters. The summed E-state index contributed by atoms with van der Waals surface area (Å²) >= 11 is 5.88. The molecule has 0 aromatic heterocycles. The molecule has 0 aliphatic carbocycles. The lowest BCUT2D eigenvalue weighted by molar-refractivity contribution is -0.137. The maximum Gasteiger partial charge on any atom is 0.379 e. The zero-order valence-corrected chi connectivity index (χ0v) is 11.2. The monoisotopic (exact) mass is 272 g/mol. The van der Waals surface area contributed by atoms with Gasteiger partial charge in [0.2, 0.25) is 0 Å². The van der Waals surface area contributed by atoms with E-state index in [-0.39, 0.29) is 17.2 Å². The van der Waals surface area contributed by atoms with Gasteiger partial charge in [0.15, 0.2) is 0 Å². The fourth-order valence-corrected chi connectivity index (χ4v) is 1.64. The van der Waals surface area contributed by atoms with E-state index in [9.17, 15) is 14.0 Å². The van der Waals surface area contributed by atoms with Crippen LogP contribution in [0.15, 0.2) is 18.2 Å². The van der Waals surface area contributed by atoms with Gasteiger partial charge in [-0.2, -0.15) is 0 Å². The van der Waals surface area contributed by atoms with Gasteiger partial charge in [0.25, 0.3) is 5.78 Å². The summed E-state index contributed by atoms with van der Waals surface area (Å²) in [6.45, 7) is 4.47. The minimum Gasteiger partial charge on any atom is -0.460 e. The van der Waals surface area contributed by atoms with Crippen molar-refractivity contribution in [3.8, 4) is 0 Å². The van der Waals surface area contributed by atoms with Gasteiger partial charge in [-0.05, 0) is 38.5 Å². The Morgan fingerprint density at radius 2 is 2.00 bits per heavy atom. The van der Waals surface area contributed by atoms with Gasteiger partial charge >= 0.3 is 5.97 Å². The van der Waals surface area contributed by atoms with Crippen molar-refractivity contribution >= 4 is 23.4 Å². The third kappa shape index (κ3) is 3.29. The van der Waals surface area contributed by atoms with Crippen molar-refractivity contribution in [1.29, 1.82) is 0 Å². The number of halogens is 2. The number of ketones is 1. The first-order chi connectivity index (χ1) is 8.27. The molecular weight excluding hydrogens is 259 g/mol. The van der Waals surface area contributed by atoms with Crippen LogP contribution >= 0.6 is 11.6 Å². The Labute approximate surface area is 110 Å². The summed E-state index contributed by atoms with van der Waals surface area (Å²) in [5, 5.41) is 0.0382. The molecule has 1 aromatic carbocycles. The smallest absolute Gasteiger partial charge is 0.379 e. The van der Waals surface area contributed by atoms with Crippen molar-refractivity contribution < 1.29 is 18.7 Å². The number of rotatable bonds is 4. The third-order valence-electron chi connectivity index (χ3n) is 2.36. The highest BCUT2D eigenvalue weighted by atomic mass is 35.5. The maximum atomic E-state index is 13.7. The van der Waals surface area contributed by atoms with Gasteiger partial charge < -0.3 is 4.74 Å². The van der Waals surface area contributed by atoms with Crippen LogP contribution in [0.25, 0.3) is 0 Å². The zero-order valence-electron chi connectivity index (χ0n) is 10.4. The minimum atomic E-state index is -1.56. The van der Waals surface area contributed by atoms with Gasteiger partial charge in [-0.1, -0.05) is 17.7 Å². The van der Waals surface area contributed by atoms with Crippen LogP contribution in [0.1, 0.15) is 36.7 Å². The first-order valence-electron chi connectivity index (χ1n) is 5.47. The second-order valence-electron chi connectivity index (χ2n) is 4.22. The van der Waals surface area contributed by atoms with Gasteiger partial charge in [-0.15, -0.1) is 0 Å². The molecular formula is C13H14ClFO3. The van der Waals surface area contributed by atoms with E-state index in [1.54, 1.807) is 6.92 Å². The number of esters is 1. The predicted octanol–water partition coefficient (Wildman–Crippen LogP) is 3.29. The minimum absolute atomic E-state index is 0.0168. The molecule has 0 bridgehead atoms. The first kappa shape index (κ1) is 14.6. The number of carbonyl (C=O) groups excluding carboxylic acids is 2.